The Kier molecular flexibility index (Phi) is 3.67. The fraction of sp³-hybridized carbons (Fsp3) is 0.0769. The van der Waals surface area contributed by atoms with Gasteiger partial charge in [-0.3, -0.25) is 20.2 Å². The van der Waals surface area contributed by atoms with E-state index in [-0.39, 0.29) is 16.3 Å². The van der Waals surface area contributed by atoms with Crippen LogP contribution in [0.1, 0.15) is 5.56 Å². The molecule has 2 aromatic rings. The van der Waals surface area contributed by atoms with Crippen LogP contribution in [-0.4, -0.2) is 9.85 Å². The van der Waals surface area contributed by atoms with Gasteiger partial charge in [0.05, 0.1) is 9.85 Å². The van der Waals surface area contributed by atoms with Gasteiger partial charge in [0.2, 0.25) is 0 Å². The fourth-order valence-corrected chi connectivity index (χ4v) is 2.12. The molecule has 0 saturated carbocycles. The van der Waals surface area contributed by atoms with E-state index in [2.05, 4.69) is 0 Å². The summed E-state index contributed by atoms with van der Waals surface area (Å²) >= 11 is 5.82. The van der Waals surface area contributed by atoms with Gasteiger partial charge in [-0.2, -0.15) is 0 Å². The van der Waals surface area contributed by atoms with Gasteiger partial charge >= 0.3 is 5.69 Å². The number of benzene rings is 2. The van der Waals surface area contributed by atoms with Crippen molar-refractivity contribution in [2.75, 3.05) is 0 Å². The van der Waals surface area contributed by atoms with Crippen molar-refractivity contribution in [3.63, 3.8) is 0 Å². The van der Waals surface area contributed by atoms with E-state index >= 15 is 0 Å². The first-order chi connectivity index (χ1) is 9.41. The highest BCUT2D eigenvalue weighted by molar-refractivity contribution is 6.33. The minimum Gasteiger partial charge on any atom is -0.258 e. The van der Waals surface area contributed by atoms with E-state index in [1.165, 1.54) is 6.07 Å². The molecule has 0 N–H and O–H groups in total. The van der Waals surface area contributed by atoms with E-state index in [9.17, 15) is 20.2 Å². The Morgan fingerprint density at radius 1 is 0.950 bits per heavy atom. The molecule has 0 fully saturated rings. The summed E-state index contributed by atoms with van der Waals surface area (Å²) in [4.78, 5) is 20.9. The molecule has 0 amide bonds. The maximum atomic E-state index is 11.2. The molecule has 0 aromatic heterocycles. The van der Waals surface area contributed by atoms with Gasteiger partial charge in [-0.25, -0.2) is 0 Å². The topological polar surface area (TPSA) is 86.3 Å². The fourth-order valence-electron chi connectivity index (χ4n) is 1.89. The van der Waals surface area contributed by atoms with Crippen LogP contribution in [0, 0.1) is 27.2 Å². The standard InChI is InChI=1S/C13H9ClN2O4/c1-8-2-4-9(5-3-8)12-11(15(17)18)7-6-10(14)13(12)16(19)20/h2-7H,1H3. The Morgan fingerprint density at radius 3 is 2.05 bits per heavy atom. The normalized spacial score (nSPS) is 10.3. The maximum absolute atomic E-state index is 11.2. The molecule has 0 aliphatic carbocycles. The lowest BCUT2D eigenvalue weighted by Crippen LogP contribution is -1.98. The van der Waals surface area contributed by atoms with Crippen LogP contribution >= 0.6 is 11.6 Å². The van der Waals surface area contributed by atoms with Crippen molar-refractivity contribution in [2.24, 2.45) is 0 Å². The van der Waals surface area contributed by atoms with Crippen LogP contribution in [-0.2, 0) is 0 Å². The van der Waals surface area contributed by atoms with Gasteiger partial charge in [0, 0.05) is 6.07 Å². The quantitative estimate of drug-likeness (QED) is 0.628. The zero-order valence-electron chi connectivity index (χ0n) is 10.4. The number of nitrogens with zero attached hydrogens (tertiary/aromatic N) is 2. The molecule has 7 heteroatoms. The second-order valence-corrected chi connectivity index (χ2v) is 4.58. The lowest BCUT2D eigenvalue weighted by molar-refractivity contribution is -0.392. The molecule has 0 spiro atoms. The van der Waals surface area contributed by atoms with Crippen LogP contribution < -0.4 is 0 Å². The van der Waals surface area contributed by atoms with Gasteiger partial charge in [0.1, 0.15) is 10.6 Å². The summed E-state index contributed by atoms with van der Waals surface area (Å²) in [5, 5.41) is 22.1. The molecule has 0 heterocycles. The number of nitro benzene ring substituents is 2. The minimum atomic E-state index is -0.704. The molecule has 0 unspecified atom stereocenters. The monoisotopic (exact) mass is 292 g/mol. The van der Waals surface area contributed by atoms with E-state index in [1.54, 1.807) is 24.3 Å². The van der Waals surface area contributed by atoms with Crippen LogP contribution in [0.15, 0.2) is 36.4 Å². The Labute approximate surface area is 118 Å². The molecule has 6 nitrogen and oxygen atoms in total. The van der Waals surface area contributed by atoms with Gasteiger partial charge in [0.15, 0.2) is 0 Å². The number of nitro groups is 2. The number of hydrogen-bond acceptors (Lipinski definition) is 4. The first-order valence-electron chi connectivity index (χ1n) is 5.60. The summed E-state index contributed by atoms with van der Waals surface area (Å²) in [6, 6.07) is 8.98. The maximum Gasteiger partial charge on any atom is 0.302 e. The van der Waals surface area contributed by atoms with Crippen LogP contribution in [0.25, 0.3) is 11.1 Å². The summed E-state index contributed by atoms with van der Waals surface area (Å²) < 4.78 is 0. The van der Waals surface area contributed by atoms with E-state index < -0.39 is 15.5 Å². The summed E-state index contributed by atoms with van der Waals surface area (Å²) in [5.74, 6) is 0. The first-order valence-corrected chi connectivity index (χ1v) is 5.98. The van der Waals surface area contributed by atoms with E-state index in [0.717, 1.165) is 11.6 Å². The van der Waals surface area contributed by atoms with Crippen molar-refractivity contribution in [3.8, 4) is 11.1 Å². The zero-order valence-corrected chi connectivity index (χ0v) is 11.1. The van der Waals surface area contributed by atoms with E-state index in [1.807, 2.05) is 6.92 Å². The first kappa shape index (κ1) is 14.0. The molecular weight excluding hydrogens is 284 g/mol. The molecule has 20 heavy (non-hydrogen) atoms. The predicted molar refractivity (Wildman–Crippen MR) is 74.9 cm³/mol. The molecule has 0 radical (unpaired) electrons. The molecule has 102 valence electrons. The van der Waals surface area contributed by atoms with Crippen LogP contribution in [0.3, 0.4) is 0 Å². The second kappa shape index (κ2) is 5.26. The average molecular weight is 293 g/mol. The lowest BCUT2D eigenvalue weighted by Gasteiger charge is -2.06. The summed E-state index contributed by atoms with van der Waals surface area (Å²) in [6.07, 6.45) is 0. The third-order valence-corrected chi connectivity index (χ3v) is 3.13. The van der Waals surface area contributed by atoms with Gasteiger partial charge in [-0.15, -0.1) is 0 Å². The van der Waals surface area contributed by atoms with Crippen LogP contribution in [0.2, 0.25) is 5.02 Å². The molecular formula is C13H9ClN2O4. The van der Waals surface area contributed by atoms with Gasteiger partial charge < -0.3 is 0 Å². The summed E-state index contributed by atoms with van der Waals surface area (Å²) in [6.45, 7) is 1.85. The van der Waals surface area contributed by atoms with Crippen molar-refractivity contribution in [3.05, 3.63) is 67.2 Å². The van der Waals surface area contributed by atoms with Crippen molar-refractivity contribution < 1.29 is 9.85 Å². The summed E-state index contributed by atoms with van der Waals surface area (Å²) in [7, 11) is 0. The highest BCUT2D eigenvalue weighted by atomic mass is 35.5. The lowest BCUT2D eigenvalue weighted by atomic mass is 10.0. The predicted octanol–water partition coefficient (Wildman–Crippen LogP) is 4.13. The highest BCUT2D eigenvalue weighted by Gasteiger charge is 2.29. The summed E-state index contributed by atoms with van der Waals surface area (Å²) in [5.41, 5.74) is 0.458. The zero-order chi connectivity index (χ0) is 14.9. The van der Waals surface area contributed by atoms with Gasteiger partial charge in [-0.05, 0) is 18.6 Å². The average Bonchev–Trinajstić information content (AvgIpc) is 2.38. The van der Waals surface area contributed by atoms with E-state index in [4.69, 9.17) is 11.6 Å². The second-order valence-electron chi connectivity index (χ2n) is 4.17. The Balaban J connectivity index is 2.83. The molecule has 0 bridgehead atoms. The minimum absolute atomic E-state index is 0.0764. The van der Waals surface area contributed by atoms with Crippen molar-refractivity contribution in [1.82, 2.24) is 0 Å². The van der Waals surface area contributed by atoms with E-state index in [0.29, 0.717) is 5.56 Å². The number of aryl methyl sites for hydroxylation is 1. The van der Waals surface area contributed by atoms with Crippen molar-refractivity contribution >= 4 is 23.0 Å². The Bertz CT molecular complexity index is 698. The van der Waals surface area contributed by atoms with Gasteiger partial charge in [-0.1, -0.05) is 41.4 Å². The third kappa shape index (κ3) is 2.46. The molecule has 0 aliphatic rings. The largest absolute Gasteiger partial charge is 0.302 e. The molecule has 0 aliphatic heterocycles. The highest BCUT2D eigenvalue weighted by Crippen LogP contribution is 2.42. The number of halogens is 1. The van der Waals surface area contributed by atoms with Crippen LogP contribution in [0.4, 0.5) is 11.4 Å². The molecule has 0 saturated heterocycles. The smallest absolute Gasteiger partial charge is 0.258 e. The SMILES string of the molecule is Cc1ccc(-c2c([N+](=O)[O-])ccc(Cl)c2[N+](=O)[O-])cc1. The van der Waals surface area contributed by atoms with Gasteiger partial charge in [0.25, 0.3) is 5.69 Å². The molecule has 2 aromatic carbocycles. The third-order valence-electron chi connectivity index (χ3n) is 2.83. The van der Waals surface area contributed by atoms with Crippen molar-refractivity contribution in [2.45, 2.75) is 6.92 Å². The Morgan fingerprint density at radius 2 is 1.55 bits per heavy atom. The van der Waals surface area contributed by atoms with Crippen LogP contribution in [0.5, 0.6) is 0 Å². The molecule has 2 rings (SSSR count). The number of rotatable bonds is 3. The Hall–Kier alpha value is -2.47. The number of hydrogen-bond donors (Lipinski definition) is 0. The molecule has 0 atom stereocenters. The van der Waals surface area contributed by atoms with Crippen molar-refractivity contribution in [1.29, 1.82) is 0 Å².